The lowest BCUT2D eigenvalue weighted by Crippen LogP contribution is -2.49. The Hall–Kier alpha value is -1.85. The van der Waals surface area contributed by atoms with E-state index >= 15 is 0 Å². The fraction of sp³-hybridized carbons (Fsp3) is 0.591. The number of nitrogens with one attached hydrogen (secondary N) is 1. The minimum absolute atomic E-state index is 0.0980. The molecule has 0 spiro atoms. The van der Waals surface area contributed by atoms with Crippen LogP contribution in [0.3, 0.4) is 0 Å². The highest BCUT2D eigenvalue weighted by Crippen LogP contribution is 2.32. The zero-order valence-electron chi connectivity index (χ0n) is 16.2. The van der Waals surface area contributed by atoms with Gasteiger partial charge in [0, 0.05) is 43.4 Å². The van der Waals surface area contributed by atoms with Gasteiger partial charge in [0.25, 0.3) is 0 Å². The van der Waals surface area contributed by atoms with Gasteiger partial charge in [-0.3, -0.25) is 4.79 Å². The number of aromatic nitrogens is 1. The maximum absolute atomic E-state index is 12.7. The fourth-order valence-corrected chi connectivity index (χ4v) is 4.56. The highest BCUT2D eigenvalue weighted by atomic mass is 16.5. The summed E-state index contributed by atoms with van der Waals surface area (Å²) >= 11 is 0. The lowest BCUT2D eigenvalue weighted by molar-refractivity contribution is -0.122. The zero-order chi connectivity index (χ0) is 18.5. The van der Waals surface area contributed by atoms with Crippen molar-refractivity contribution in [1.82, 2.24) is 14.8 Å². The van der Waals surface area contributed by atoms with Crippen molar-refractivity contribution >= 4 is 16.8 Å². The Morgan fingerprint density at radius 3 is 2.67 bits per heavy atom. The summed E-state index contributed by atoms with van der Waals surface area (Å²) in [4.78, 5) is 15.3. The molecular formula is C22H31N3O2. The first-order valence-corrected chi connectivity index (χ1v) is 10.3. The third-order valence-corrected chi connectivity index (χ3v) is 6.22. The number of carbonyl (C=O) groups excluding carboxylic acids is 1. The molecule has 0 bridgehead atoms. The van der Waals surface area contributed by atoms with Crippen molar-refractivity contribution in [3.63, 3.8) is 0 Å². The van der Waals surface area contributed by atoms with Crippen LogP contribution < -0.4 is 5.32 Å². The first-order valence-electron chi connectivity index (χ1n) is 10.3. The first kappa shape index (κ1) is 18.5. The van der Waals surface area contributed by atoms with E-state index < -0.39 is 0 Å². The van der Waals surface area contributed by atoms with E-state index in [4.69, 9.17) is 4.74 Å². The van der Waals surface area contributed by atoms with Gasteiger partial charge >= 0.3 is 0 Å². The Morgan fingerprint density at radius 2 is 1.85 bits per heavy atom. The maximum Gasteiger partial charge on any atom is 0.239 e. The van der Waals surface area contributed by atoms with Crippen LogP contribution in [-0.2, 0) is 16.1 Å². The van der Waals surface area contributed by atoms with Crippen LogP contribution in [0.2, 0.25) is 0 Å². The molecule has 0 unspecified atom stereocenters. The fourth-order valence-electron chi connectivity index (χ4n) is 4.56. The summed E-state index contributed by atoms with van der Waals surface area (Å²) in [7, 11) is 0. The largest absolute Gasteiger partial charge is 0.381 e. The van der Waals surface area contributed by atoms with Gasteiger partial charge < -0.3 is 19.5 Å². The number of piperidine rings is 1. The van der Waals surface area contributed by atoms with Gasteiger partial charge in [0.05, 0.1) is 0 Å². The van der Waals surface area contributed by atoms with E-state index in [1.807, 2.05) is 22.9 Å². The number of likely N-dealkylation sites (tertiary alicyclic amines) is 1. The molecule has 5 nitrogen and oxygen atoms in total. The number of benzene rings is 1. The summed E-state index contributed by atoms with van der Waals surface area (Å²) in [5, 5.41) is 4.42. The number of nitrogens with zero attached hydrogens (tertiary/aromatic N) is 2. The van der Waals surface area contributed by atoms with Crippen molar-refractivity contribution in [3.05, 3.63) is 36.5 Å². The normalized spacial score (nSPS) is 20.6. The van der Waals surface area contributed by atoms with Gasteiger partial charge in [-0.05, 0) is 56.3 Å². The summed E-state index contributed by atoms with van der Waals surface area (Å²) in [5.41, 5.74) is 1.27. The molecule has 2 aromatic rings. The number of ether oxygens (including phenoxy) is 1. The number of para-hydroxylation sites is 1. The average Bonchev–Trinajstić information content (AvgIpc) is 3.11. The molecular weight excluding hydrogens is 338 g/mol. The summed E-state index contributed by atoms with van der Waals surface area (Å²) < 4.78 is 7.65. The Balaban J connectivity index is 1.37. The molecule has 2 saturated heterocycles. The molecule has 2 aliphatic rings. The lowest BCUT2D eigenvalue weighted by atomic mass is 9.79. The second kappa shape index (κ2) is 8.44. The summed E-state index contributed by atoms with van der Waals surface area (Å²) in [6, 6.07) is 10.3. The Bertz CT molecular complexity index is 758. The molecule has 0 saturated carbocycles. The van der Waals surface area contributed by atoms with Crippen molar-refractivity contribution in [1.29, 1.82) is 0 Å². The minimum atomic E-state index is 0.0980. The van der Waals surface area contributed by atoms with Crippen molar-refractivity contribution < 1.29 is 9.53 Å². The van der Waals surface area contributed by atoms with E-state index in [0.29, 0.717) is 6.54 Å². The highest BCUT2D eigenvalue weighted by Gasteiger charge is 2.35. The van der Waals surface area contributed by atoms with Crippen LogP contribution in [0.1, 0.15) is 32.1 Å². The van der Waals surface area contributed by atoms with E-state index in [0.717, 1.165) is 44.7 Å². The quantitative estimate of drug-likeness (QED) is 0.851. The molecule has 1 N–H and O–H groups in total. The molecule has 0 aliphatic carbocycles. The van der Waals surface area contributed by atoms with E-state index in [1.165, 1.54) is 37.7 Å². The predicted octanol–water partition coefficient (Wildman–Crippen LogP) is 3.04. The second-order valence-electron chi connectivity index (χ2n) is 8.23. The molecule has 5 heteroatoms. The Morgan fingerprint density at radius 1 is 1.07 bits per heavy atom. The SMILES string of the molecule is O=C(Cn1ccc2ccccc21)NCC1(CN2CCCCC2)CCOCC1. The third kappa shape index (κ3) is 4.53. The van der Waals surface area contributed by atoms with Gasteiger partial charge in [-0.1, -0.05) is 24.6 Å². The zero-order valence-corrected chi connectivity index (χ0v) is 16.2. The van der Waals surface area contributed by atoms with Crippen LogP contribution in [-0.4, -0.2) is 54.8 Å². The van der Waals surface area contributed by atoms with Gasteiger partial charge in [0.1, 0.15) is 6.54 Å². The van der Waals surface area contributed by atoms with Crippen molar-refractivity contribution in [2.24, 2.45) is 5.41 Å². The standard InChI is InChI=1S/C22H31N3O2/c26-21(16-25-13-8-19-6-2-3-7-20(19)25)23-17-22(9-14-27-15-10-22)18-24-11-4-1-5-12-24/h2-3,6-8,13H,1,4-5,9-12,14-18H2,(H,23,26). The predicted molar refractivity (Wildman–Crippen MR) is 108 cm³/mol. The molecule has 0 radical (unpaired) electrons. The molecule has 2 aliphatic heterocycles. The van der Waals surface area contributed by atoms with Crippen molar-refractivity contribution in [2.45, 2.75) is 38.6 Å². The third-order valence-electron chi connectivity index (χ3n) is 6.22. The number of rotatable bonds is 6. The first-order chi connectivity index (χ1) is 13.2. The topological polar surface area (TPSA) is 46.5 Å². The highest BCUT2D eigenvalue weighted by molar-refractivity contribution is 5.83. The van der Waals surface area contributed by atoms with Crippen LogP contribution >= 0.6 is 0 Å². The Kier molecular flexibility index (Phi) is 5.79. The molecule has 1 amide bonds. The van der Waals surface area contributed by atoms with Crippen LogP contribution in [0.4, 0.5) is 0 Å². The van der Waals surface area contributed by atoms with Crippen LogP contribution in [0, 0.1) is 5.41 Å². The molecule has 146 valence electrons. The molecule has 27 heavy (non-hydrogen) atoms. The number of hydrogen-bond acceptors (Lipinski definition) is 3. The van der Waals surface area contributed by atoms with Crippen LogP contribution in [0.15, 0.2) is 36.5 Å². The van der Waals surface area contributed by atoms with Gasteiger partial charge in [-0.25, -0.2) is 0 Å². The number of hydrogen-bond donors (Lipinski definition) is 1. The van der Waals surface area contributed by atoms with Gasteiger partial charge in [-0.15, -0.1) is 0 Å². The molecule has 3 heterocycles. The monoisotopic (exact) mass is 369 g/mol. The maximum atomic E-state index is 12.7. The molecule has 4 rings (SSSR count). The minimum Gasteiger partial charge on any atom is -0.381 e. The van der Waals surface area contributed by atoms with Gasteiger partial charge in [0.15, 0.2) is 0 Å². The van der Waals surface area contributed by atoms with Gasteiger partial charge in [0.2, 0.25) is 5.91 Å². The van der Waals surface area contributed by atoms with Crippen molar-refractivity contribution in [2.75, 3.05) is 39.4 Å². The Labute approximate surface area is 161 Å². The molecule has 1 aromatic carbocycles. The van der Waals surface area contributed by atoms with E-state index in [9.17, 15) is 4.79 Å². The van der Waals surface area contributed by atoms with Crippen LogP contribution in [0.25, 0.3) is 10.9 Å². The summed E-state index contributed by atoms with van der Waals surface area (Å²) in [6.07, 6.45) is 8.04. The molecule has 1 aromatic heterocycles. The number of amides is 1. The van der Waals surface area contributed by atoms with Gasteiger partial charge in [-0.2, -0.15) is 0 Å². The van der Waals surface area contributed by atoms with E-state index in [-0.39, 0.29) is 11.3 Å². The molecule has 2 fully saturated rings. The van der Waals surface area contributed by atoms with E-state index in [2.05, 4.69) is 28.4 Å². The average molecular weight is 370 g/mol. The molecule has 0 atom stereocenters. The number of carbonyl (C=O) groups is 1. The second-order valence-corrected chi connectivity index (χ2v) is 8.23. The summed E-state index contributed by atoms with van der Waals surface area (Å²) in [5.74, 6) is 0.0980. The summed E-state index contributed by atoms with van der Waals surface area (Å²) in [6.45, 7) is 6.24. The smallest absolute Gasteiger partial charge is 0.239 e. The van der Waals surface area contributed by atoms with E-state index in [1.54, 1.807) is 0 Å². The van der Waals surface area contributed by atoms with Crippen molar-refractivity contribution in [3.8, 4) is 0 Å². The van der Waals surface area contributed by atoms with Crippen LogP contribution in [0.5, 0.6) is 0 Å². The lowest BCUT2D eigenvalue weighted by Gasteiger charge is -2.42. The number of fused-ring (bicyclic) bond motifs is 1.